The first-order valence-corrected chi connectivity index (χ1v) is 9.69. The molecule has 0 amide bonds. The third-order valence-electron chi connectivity index (χ3n) is 2.46. The molecule has 0 unspecified atom stereocenters. The molecule has 2 aromatic carbocycles. The predicted octanol–water partition coefficient (Wildman–Crippen LogP) is 1.15. The van der Waals surface area contributed by atoms with Crippen LogP contribution in [0.3, 0.4) is 0 Å². The minimum absolute atomic E-state index is 0.0693. The number of hydrogen-bond donors (Lipinski definition) is 0. The van der Waals surface area contributed by atoms with Gasteiger partial charge in [-0.1, -0.05) is 30.0 Å². The van der Waals surface area contributed by atoms with Crippen LogP contribution < -0.4 is 21.2 Å². The van der Waals surface area contributed by atoms with E-state index in [-0.39, 0.29) is 21.2 Å². The minimum Gasteiger partial charge on any atom is -0.230 e. The van der Waals surface area contributed by atoms with Gasteiger partial charge in [-0.3, -0.25) is 0 Å². The summed E-state index contributed by atoms with van der Waals surface area (Å²) < 4.78 is 5.39. The summed E-state index contributed by atoms with van der Waals surface area (Å²) >= 11 is 3.44. The monoisotopic (exact) mass is 384 g/mol. The Labute approximate surface area is 125 Å². The minimum atomic E-state index is -0.0693. The van der Waals surface area contributed by atoms with Gasteiger partial charge in [0.15, 0.2) is 11.5 Å². The van der Waals surface area contributed by atoms with Crippen molar-refractivity contribution in [3.63, 3.8) is 0 Å². The van der Waals surface area contributed by atoms with Gasteiger partial charge >= 0.3 is 21.2 Å². The number of rotatable bonds is 3. The zero-order chi connectivity index (χ0) is 12.4. The largest absolute Gasteiger partial charge is 0.357 e. The molecule has 0 bridgehead atoms. The summed E-state index contributed by atoms with van der Waals surface area (Å²) in [6.07, 6.45) is 2.08. The third-order valence-corrected chi connectivity index (χ3v) is 7.10. The molecule has 3 rings (SSSR count). The Morgan fingerprint density at radius 3 is 2.67 bits per heavy atom. The summed E-state index contributed by atoms with van der Waals surface area (Å²) in [6, 6.07) is 17.4. The molecule has 0 N–H and O–H groups in total. The van der Waals surface area contributed by atoms with Crippen LogP contribution in [0.5, 0.6) is 0 Å². The summed E-state index contributed by atoms with van der Waals surface area (Å²) in [5, 5.41) is 0. The number of fused-ring (bicyclic) bond motifs is 1. The molecule has 18 heavy (non-hydrogen) atoms. The molecule has 0 saturated carbocycles. The van der Waals surface area contributed by atoms with Gasteiger partial charge in [0, 0.05) is 6.07 Å². The summed E-state index contributed by atoms with van der Waals surface area (Å²) in [5.74, 6) is 0. The van der Waals surface area contributed by atoms with Crippen LogP contribution >= 0.6 is 23.1 Å². The van der Waals surface area contributed by atoms with Crippen LogP contribution in [-0.2, 0) is 0 Å². The molecule has 0 aliphatic heterocycles. The number of halogens is 1. The van der Waals surface area contributed by atoms with Crippen molar-refractivity contribution in [2.24, 2.45) is 0 Å². The maximum absolute atomic E-state index is 4.57. The lowest BCUT2D eigenvalue weighted by molar-refractivity contribution is -0.597. The van der Waals surface area contributed by atoms with Gasteiger partial charge in [-0.15, -0.1) is 11.3 Å². The van der Waals surface area contributed by atoms with Crippen molar-refractivity contribution in [1.29, 1.82) is 0 Å². The average Bonchev–Trinajstić information content (AvgIpc) is 2.82. The molecule has 0 radical (unpaired) electrons. The van der Waals surface area contributed by atoms with Crippen molar-refractivity contribution < 1.29 is 21.2 Å². The van der Waals surface area contributed by atoms with E-state index in [1.165, 1.54) is 11.8 Å². The van der Waals surface area contributed by atoms with E-state index < -0.39 is 0 Å². The van der Waals surface area contributed by atoms with E-state index in [0.29, 0.717) is 0 Å². The Balaban J connectivity index is 1.93. The predicted molar refractivity (Wildman–Crippen MR) is 75.2 cm³/mol. The van der Waals surface area contributed by atoms with Gasteiger partial charge in [-0.05, 0) is 30.5 Å². The van der Waals surface area contributed by atoms with Crippen LogP contribution in [0.25, 0.3) is 10.2 Å². The van der Waals surface area contributed by atoms with E-state index in [2.05, 4.69) is 59.8 Å². The lowest BCUT2D eigenvalue weighted by Gasteiger charge is -1.87. The number of benzene rings is 2. The molecule has 90 valence electrons. The third kappa shape index (κ3) is 2.70. The first kappa shape index (κ1) is 12.4. The lowest BCUT2D eigenvalue weighted by atomic mass is 10.3. The second kappa shape index (κ2) is 5.59. The van der Waals surface area contributed by atoms with E-state index >= 15 is 0 Å². The van der Waals surface area contributed by atoms with Gasteiger partial charge in [0.2, 0.25) is 0 Å². The van der Waals surface area contributed by atoms with Crippen LogP contribution in [-0.4, -0.2) is 11.2 Å². The Hall–Kier alpha value is -0.590. The Morgan fingerprint density at radius 1 is 1.06 bits per heavy atom. The van der Waals surface area contributed by atoms with E-state index in [4.69, 9.17) is 0 Å². The van der Waals surface area contributed by atoms with E-state index in [0.717, 1.165) is 9.86 Å². The van der Waals surface area contributed by atoms with Gasteiger partial charge < -0.3 is 0 Å². The first-order chi connectivity index (χ1) is 8.85. The van der Waals surface area contributed by atoms with Gasteiger partial charge in [-0.2, -0.15) is 0 Å². The molecule has 1 nitrogen and oxygen atoms in total. The molecular formula is C14H11INS2+. The summed E-state index contributed by atoms with van der Waals surface area (Å²) in [5.41, 5.74) is 1.13. The lowest BCUT2D eigenvalue weighted by Crippen LogP contribution is -3.61. The van der Waals surface area contributed by atoms with E-state index in [1.807, 2.05) is 0 Å². The zero-order valence-electron chi connectivity index (χ0n) is 9.76. The number of aromatic nitrogens is 1. The Morgan fingerprint density at radius 2 is 1.89 bits per heavy atom. The molecule has 0 fully saturated rings. The van der Waals surface area contributed by atoms with Crippen molar-refractivity contribution in [2.45, 2.75) is 4.34 Å². The highest BCUT2D eigenvalue weighted by atomic mass is 127. The highest BCUT2D eigenvalue weighted by Gasteiger charge is 2.16. The normalized spacial score (nSPS) is 10.9. The highest BCUT2D eigenvalue weighted by Crippen LogP contribution is 2.27. The van der Waals surface area contributed by atoms with Gasteiger partial charge in [0.25, 0.3) is 0 Å². The molecular weight excluding hydrogens is 373 g/mol. The van der Waals surface area contributed by atoms with Gasteiger partial charge in [0.05, 0.1) is 10.2 Å². The number of hydrogen-bond acceptors (Lipinski definition) is 3. The van der Waals surface area contributed by atoms with Crippen molar-refractivity contribution in [1.82, 2.24) is 4.98 Å². The second-order valence-corrected chi connectivity index (χ2v) is 8.80. The number of nitrogens with zero attached hydrogens (tertiary/aromatic N) is 1. The van der Waals surface area contributed by atoms with Crippen LogP contribution in [0.1, 0.15) is 0 Å². The first-order valence-electron chi connectivity index (χ1n) is 5.49. The highest BCUT2D eigenvalue weighted by molar-refractivity contribution is 8.00. The number of thiazole rings is 1. The summed E-state index contributed by atoms with van der Waals surface area (Å²) in [7, 11) is 0. The fourth-order valence-corrected chi connectivity index (χ4v) is 5.69. The SMILES string of the molecule is CSc1nc2ccc([I+]c3ccccc3)cc2s1. The van der Waals surface area contributed by atoms with Crippen LogP contribution in [0.4, 0.5) is 0 Å². The molecule has 0 spiro atoms. The molecule has 0 aliphatic rings. The molecule has 3 aromatic rings. The smallest absolute Gasteiger partial charge is 0.230 e. The zero-order valence-corrected chi connectivity index (χ0v) is 13.6. The van der Waals surface area contributed by atoms with Crippen molar-refractivity contribution in [2.75, 3.05) is 6.26 Å². The fourth-order valence-electron chi connectivity index (χ4n) is 1.63. The molecule has 0 saturated heterocycles. The molecule has 1 heterocycles. The topological polar surface area (TPSA) is 12.9 Å². The average molecular weight is 384 g/mol. The van der Waals surface area contributed by atoms with Crippen molar-refractivity contribution in [3.8, 4) is 0 Å². The molecule has 1 aromatic heterocycles. The van der Waals surface area contributed by atoms with Crippen LogP contribution in [0, 0.1) is 7.14 Å². The summed E-state index contributed by atoms with van der Waals surface area (Å²) in [6.45, 7) is 0. The maximum Gasteiger partial charge on any atom is 0.357 e. The van der Waals surface area contributed by atoms with Crippen molar-refractivity contribution in [3.05, 3.63) is 55.7 Å². The Kier molecular flexibility index (Phi) is 3.86. The maximum atomic E-state index is 4.57. The standard InChI is InChI=1S/C14H11INS2/c1-17-14-16-12-8-7-11(9-13(12)18-14)15-10-5-3-2-4-6-10/h2-9H,1H3/q+1. The molecule has 0 atom stereocenters. The Bertz CT molecular complexity index is 664. The van der Waals surface area contributed by atoms with Gasteiger partial charge in [-0.25, -0.2) is 4.98 Å². The second-order valence-electron chi connectivity index (χ2n) is 3.69. The molecule has 0 aliphatic carbocycles. The van der Waals surface area contributed by atoms with Crippen molar-refractivity contribution >= 4 is 33.3 Å². The quantitative estimate of drug-likeness (QED) is 0.497. The van der Waals surface area contributed by atoms with Crippen LogP contribution in [0.15, 0.2) is 52.9 Å². The number of thioether (sulfide) groups is 1. The van der Waals surface area contributed by atoms with E-state index in [9.17, 15) is 0 Å². The van der Waals surface area contributed by atoms with E-state index in [1.54, 1.807) is 23.1 Å². The fraction of sp³-hybridized carbons (Fsp3) is 0.0714. The van der Waals surface area contributed by atoms with Crippen LogP contribution in [0.2, 0.25) is 0 Å². The molecule has 4 heteroatoms. The van der Waals surface area contributed by atoms with Gasteiger partial charge in [0.1, 0.15) is 0 Å². The summed E-state index contributed by atoms with van der Waals surface area (Å²) in [4.78, 5) is 4.57.